The lowest BCUT2D eigenvalue weighted by Gasteiger charge is -2.22. The van der Waals surface area contributed by atoms with E-state index in [2.05, 4.69) is 29.6 Å². The summed E-state index contributed by atoms with van der Waals surface area (Å²) in [4.78, 5) is 35.4. The Morgan fingerprint density at radius 3 is 2.70 bits per heavy atom. The lowest BCUT2D eigenvalue weighted by molar-refractivity contribution is 0.0871. The zero-order valence-corrected chi connectivity index (χ0v) is 22.8. The minimum atomic E-state index is -1.33. The number of hydrogen-bond donors (Lipinski definition) is 0. The van der Waals surface area contributed by atoms with Crippen molar-refractivity contribution < 1.29 is 13.9 Å². The van der Waals surface area contributed by atoms with E-state index in [1.165, 1.54) is 15.2 Å². The molecule has 5 heterocycles. The van der Waals surface area contributed by atoms with Gasteiger partial charge < -0.3 is 14.0 Å². The Morgan fingerprint density at radius 2 is 1.95 bits per heavy atom. The summed E-state index contributed by atoms with van der Waals surface area (Å²) in [6.07, 6.45) is 4.53. The number of nitrogens with zero attached hydrogens (tertiary/aromatic N) is 5. The molecule has 4 aromatic heterocycles. The first-order valence-electron chi connectivity index (χ1n) is 12.6. The summed E-state index contributed by atoms with van der Waals surface area (Å²) in [6.45, 7) is 11.2. The highest BCUT2D eigenvalue weighted by Crippen LogP contribution is 2.30. The van der Waals surface area contributed by atoms with Crippen molar-refractivity contribution in [2.45, 2.75) is 71.3 Å². The largest absolute Gasteiger partial charge is 0.488 e. The molecule has 0 amide bonds. The monoisotopic (exact) mass is 525 g/mol. The molecule has 11 heteroatoms. The van der Waals surface area contributed by atoms with Gasteiger partial charge >= 0.3 is 5.69 Å². The molecule has 0 unspecified atom stereocenters. The molecule has 0 N–H and O–H groups in total. The van der Waals surface area contributed by atoms with Gasteiger partial charge in [0, 0.05) is 45.2 Å². The highest BCUT2D eigenvalue weighted by Gasteiger charge is 2.26. The van der Waals surface area contributed by atoms with Crippen LogP contribution in [0.1, 0.15) is 32.7 Å². The predicted molar refractivity (Wildman–Crippen MR) is 143 cm³/mol. The van der Waals surface area contributed by atoms with E-state index in [1.54, 1.807) is 18.5 Å². The fraction of sp³-hybridized carbons (Fsp3) is 0.462. The van der Waals surface area contributed by atoms with E-state index >= 15 is 4.39 Å². The molecule has 2 bridgehead atoms. The first-order chi connectivity index (χ1) is 17.5. The molecule has 0 aromatic carbocycles. The summed E-state index contributed by atoms with van der Waals surface area (Å²) in [5.74, 6) is -0.577. The van der Waals surface area contributed by atoms with Gasteiger partial charge in [-0.05, 0) is 38.8 Å². The number of imidazole rings is 1. The zero-order valence-electron chi connectivity index (χ0n) is 21.8. The van der Waals surface area contributed by atoms with E-state index in [1.807, 2.05) is 18.4 Å². The van der Waals surface area contributed by atoms with Gasteiger partial charge in [0.1, 0.15) is 23.6 Å². The van der Waals surface area contributed by atoms with Crippen LogP contribution < -0.4 is 15.9 Å². The van der Waals surface area contributed by atoms with Gasteiger partial charge in [-0.3, -0.25) is 9.36 Å². The second kappa shape index (κ2) is 9.53. The third-order valence-electron chi connectivity index (χ3n) is 6.83. The summed E-state index contributed by atoms with van der Waals surface area (Å²) < 4.78 is 32.2. The molecular formula is C26H32FN5O4Si. The molecule has 196 valence electrons. The molecule has 1 aliphatic heterocycles. The van der Waals surface area contributed by atoms with Crippen LogP contribution in [0.15, 0.2) is 40.2 Å². The normalized spacial score (nSPS) is 18.1. The lowest BCUT2D eigenvalue weighted by atomic mass is 10.1. The van der Waals surface area contributed by atoms with Gasteiger partial charge in [0.05, 0.1) is 11.5 Å². The number of ether oxygens (including phenoxy) is 2. The Balaban J connectivity index is 1.77. The number of halogens is 1. The molecular weight excluding hydrogens is 493 g/mol. The van der Waals surface area contributed by atoms with Crippen LogP contribution in [0.2, 0.25) is 25.7 Å². The standard InChI is InChI=1S/C26H32FN5O4Si/c1-16-6-7-17(2)36-21-8-10-28-25-22(21)32(26(34)31(25)15-35-12-13-37(3,4)5)24-19(27)14-18-20(33)9-11-30(16)23(18)29-24/h8-11,14,16-17H,6-7,12-13,15H2,1-5H3/t16-,17+/m0/s1. The van der Waals surface area contributed by atoms with Crippen LogP contribution in [0.4, 0.5) is 4.39 Å². The van der Waals surface area contributed by atoms with Gasteiger partial charge in [0.2, 0.25) is 0 Å². The fourth-order valence-corrected chi connectivity index (χ4v) is 5.40. The molecule has 0 saturated heterocycles. The van der Waals surface area contributed by atoms with Gasteiger partial charge in [-0.2, -0.15) is 0 Å². The molecule has 2 atom stereocenters. The molecule has 0 aliphatic carbocycles. The smallest absolute Gasteiger partial charge is 0.338 e. The van der Waals surface area contributed by atoms with Crippen molar-refractivity contribution in [3.8, 4) is 11.6 Å². The Bertz CT molecular complexity index is 1600. The number of fused-ring (bicyclic) bond motifs is 2. The predicted octanol–water partition coefficient (Wildman–Crippen LogP) is 4.47. The van der Waals surface area contributed by atoms with Crippen molar-refractivity contribution >= 4 is 30.3 Å². The van der Waals surface area contributed by atoms with E-state index in [0.717, 1.165) is 25.0 Å². The zero-order chi connectivity index (χ0) is 26.5. The van der Waals surface area contributed by atoms with Gasteiger partial charge in [-0.15, -0.1) is 0 Å². The SMILES string of the molecule is C[C@@H]1CC[C@H](C)n2ccc(=O)c3cc(F)c(nc32)-n2c(=O)n(COCC[Si](C)(C)C)c3nccc(c32)O1. The highest BCUT2D eigenvalue weighted by atomic mass is 28.3. The molecule has 0 spiro atoms. The highest BCUT2D eigenvalue weighted by molar-refractivity contribution is 6.76. The quantitative estimate of drug-likeness (QED) is 0.282. The molecule has 0 radical (unpaired) electrons. The van der Waals surface area contributed by atoms with Crippen LogP contribution in [0.25, 0.3) is 28.0 Å². The van der Waals surface area contributed by atoms with Gasteiger partial charge in [-0.25, -0.2) is 23.7 Å². The summed E-state index contributed by atoms with van der Waals surface area (Å²) in [7, 11) is -1.33. The number of pyridine rings is 3. The number of hydrogen-bond acceptors (Lipinski definition) is 6. The van der Waals surface area contributed by atoms with Crippen LogP contribution in [-0.4, -0.2) is 44.5 Å². The third kappa shape index (κ3) is 4.73. The van der Waals surface area contributed by atoms with Crippen molar-refractivity contribution in [3.05, 3.63) is 57.1 Å². The average Bonchev–Trinajstić information content (AvgIpc) is 3.11. The summed E-state index contributed by atoms with van der Waals surface area (Å²) >= 11 is 0. The van der Waals surface area contributed by atoms with Crippen LogP contribution >= 0.6 is 0 Å². The van der Waals surface area contributed by atoms with Crippen molar-refractivity contribution in [1.29, 1.82) is 0 Å². The van der Waals surface area contributed by atoms with Gasteiger partial charge in [0.25, 0.3) is 0 Å². The van der Waals surface area contributed by atoms with Crippen molar-refractivity contribution in [2.75, 3.05) is 6.61 Å². The number of rotatable bonds is 5. The first kappa shape index (κ1) is 25.3. The second-order valence-electron chi connectivity index (χ2n) is 11.0. The molecule has 5 rings (SSSR count). The molecule has 4 aromatic rings. The Hall–Kier alpha value is -3.31. The van der Waals surface area contributed by atoms with Crippen LogP contribution in [0.3, 0.4) is 0 Å². The van der Waals surface area contributed by atoms with Crippen LogP contribution in [-0.2, 0) is 11.5 Å². The minimum absolute atomic E-state index is 0.0302. The summed E-state index contributed by atoms with van der Waals surface area (Å²) in [6, 6.07) is 5.17. The van der Waals surface area contributed by atoms with E-state index in [9.17, 15) is 9.59 Å². The molecule has 1 aliphatic rings. The van der Waals surface area contributed by atoms with Crippen LogP contribution in [0.5, 0.6) is 5.75 Å². The average molecular weight is 526 g/mol. The van der Waals surface area contributed by atoms with E-state index in [0.29, 0.717) is 29.2 Å². The summed E-state index contributed by atoms with van der Waals surface area (Å²) in [5, 5.41) is 0.168. The Labute approximate surface area is 214 Å². The fourth-order valence-electron chi connectivity index (χ4n) is 4.64. The van der Waals surface area contributed by atoms with Gasteiger partial charge in [-0.1, -0.05) is 19.6 Å². The van der Waals surface area contributed by atoms with Crippen molar-refractivity contribution in [1.82, 2.24) is 23.7 Å². The summed E-state index contributed by atoms with van der Waals surface area (Å²) in [5.41, 5.74) is 0.0976. The molecule has 0 fully saturated rings. The van der Waals surface area contributed by atoms with Crippen molar-refractivity contribution in [2.24, 2.45) is 0 Å². The lowest BCUT2D eigenvalue weighted by Crippen LogP contribution is -2.27. The first-order valence-corrected chi connectivity index (χ1v) is 16.3. The van der Waals surface area contributed by atoms with Crippen molar-refractivity contribution in [3.63, 3.8) is 0 Å². The van der Waals surface area contributed by atoms with E-state index in [-0.39, 0.29) is 35.5 Å². The Kier molecular flexibility index (Phi) is 6.53. The maximum atomic E-state index is 15.6. The second-order valence-corrected chi connectivity index (χ2v) is 16.6. The third-order valence-corrected chi connectivity index (χ3v) is 8.53. The van der Waals surface area contributed by atoms with Gasteiger partial charge in [0.15, 0.2) is 22.7 Å². The molecule has 9 nitrogen and oxygen atoms in total. The minimum Gasteiger partial charge on any atom is -0.488 e. The molecule has 0 saturated carbocycles. The maximum absolute atomic E-state index is 15.6. The molecule has 37 heavy (non-hydrogen) atoms. The topological polar surface area (TPSA) is 93.2 Å². The Morgan fingerprint density at radius 1 is 1.16 bits per heavy atom. The van der Waals surface area contributed by atoms with E-state index in [4.69, 9.17) is 9.47 Å². The number of aromatic nitrogens is 5. The van der Waals surface area contributed by atoms with Crippen LogP contribution in [0, 0.1) is 5.82 Å². The van der Waals surface area contributed by atoms with E-state index < -0.39 is 19.6 Å². The maximum Gasteiger partial charge on any atom is 0.338 e.